The number of phenolic OH excluding ortho intramolecular Hbond substituents is 2. The number of aromatic hydroxyl groups is 2. The van der Waals surface area contributed by atoms with Crippen molar-refractivity contribution in [3.05, 3.63) is 17.7 Å². The largest absolute Gasteiger partial charge is 0.508 e. The van der Waals surface area contributed by atoms with Crippen LogP contribution in [0.2, 0.25) is 0 Å². The normalized spacial score (nSPS) is 21.8. The van der Waals surface area contributed by atoms with Crippen LogP contribution < -0.4 is 10.1 Å². The lowest BCUT2D eigenvalue weighted by Crippen LogP contribution is -2.48. The van der Waals surface area contributed by atoms with Crippen LogP contribution in [-0.4, -0.2) is 51.8 Å². The highest BCUT2D eigenvalue weighted by Crippen LogP contribution is 2.42. The van der Waals surface area contributed by atoms with Gasteiger partial charge in [-0.1, -0.05) is 34.6 Å². The molecule has 1 aliphatic heterocycles. The van der Waals surface area contributed by atoms with Crippen molar-refractivity contribution in [2.24, 2.45) is 10.8 Å². The van der Waals surface area contributed by atoms with Gasteiger partial charge in [-0.15, -0.1) is 0 Å². The summed E-state index contributed by atoms with van der Waals surface area (Å²) in [5.74, 6) is 0.294. The number of ether oxygens (including phenoxy) is 1. The summed E-state index contributed by atoms with van der Waals surface area (Å²) in [5, 5.41) is 43.5. The maximum atomic E-state index is 10.5. The van der Waals surface area contributed by atoms with Crippen molar-refractivity contribution in [2.75, 3.05) is 13.1 Å². The molecule has 148 valence electrons. The van der Waals surface area contributed by atoms with E-state index in [1.165, 1.54) is 12.1 Å². The van der Waals surface area contributed by atoms with Crippen LogP contribution in [0.4, 0.5) is 0 Å². The summed E-state index contributed by atoms with van der Waals surface area (Å²) >= 11 is 0. The van der Waals surface area contributed by atoms with E-state index < -0.39 is 18.3 Å². The second-order valence-electron chi connectivity index (χ2n) is 9.08. The summed E-state index contributed by atoms with van der Waals surface area (Å²) in [6.07, 6.45) is -0.601. The molecule has 1 aliphatic rings. The molecule has 6 nitrogen and oxygen atoms in total. The average molecular weight is 367 g/mol. The molecule has 0 fully saturated rings. The van der Waals surface area contributed by atoms with E-state index in [2.05, 4.69) is 5.32 Å². The number of aliphatic hydroxyl groups excluding tert-OH is 2. The molecule has 0 amide bonds. The number of hydrogen-bond donors (Lipinski definition) is 5. The minimum Gasteiger partial charge on any atom is -0.508 e. The Balaban J connectivity index is 1.98. The van der Waals surface area contributed by atoms with Crippen LogP contribution in [0, 0.1) is 10.8 Å². The molecule has 0 saturated heterocycles. The summed E-state index contributed by atoms with van der Waals surface area (Å²) in [4.78, 5) is 0. The summed E-state index contributed by atoms with van der Waals surface area (Å²) in [6, 6.07) is 2.73. The molecule has 0 spiro atoms. The predicted octanol–water partition coefficient (Wildman–Crippen LogP) is 2.18. The zero-order valence-corrected chi connectivity index (χ0v) is 16.4. The van der Waals surface area contributed by atoms with Gasteiger partial charge in [-0.3, -0.25) is 0 Å². The van der Waals surface area contributed by atoms with Gasteiger partial charge in [0, 0.05) is 36.1 Å². The van der Waals surface area contributed by atoms with E-state index in [9.17, 15) is 20.4 Å². The quantitative estimate of drug-likeness (QED) is 0.494. The Hall–Kier alpha value is -1.50. The Kier molecular flexibility index (Phi) is 6.10. The van der Waals surface area contributed by atoms with E-state index in [0.717, 1.165) is 6.42 Å². The van der Waals surface area contributed by atoms with Crippen LogP contribution in [0.3, 0.4) is 0 Å². The van der Waals surface area contributed by atoms with E-state index in [0.29, 0.717) is 24.4 Å². The Morgan fingerprint density at radius 1 is 1.19 bits per heavy atom. The summed E-state index contributed by atoms with van der Waals surface area (Å²) < 4.78 is 5.96. The van der Waals surface area contributed by atoms with Crippen molar-refractivity contribution in [3.63, 3.8) is 0 Å². The molecule has 3 atom stereocenters. The highest BCUT2D eigenvalue weighted by Gasteiger charge is 2.41. The molecule has 0 bridgehead atoms. The third-order valence-electron chi connectivity index (χ3n) is 5.24. The highest BCUT2D eigenvalue weighted by molar-refractivity contribution is 5.51. The van der Waals surface area contributed by atoms with Crippen LogP contribution in [0.1, 0.15) is 46.6 Å². The summed E-state index contributed by atoms with van der Waals surface area (Å²) in [5.41, 5.74) is 0.0188. The molecule has 5 N–H and O–H groups in total. The van der Waals surface area contributed by atoms with Crippen molar-refractivity contribution < 1.29 is 25.2 Å². The molecular formula is C20H33NO5. The van der Waals surface area contributed by atoms with Crippen molar-refractivity contribution in [3.8, 4) is 17.2 Å². The fraction of sp³-hybridized carbons (Fsp3) is 0.700. The van der Waals surface area contributed by atoms with E-state index in [-0.39, 0.29) is 28.7 Å². The van der Waals surface area contributed by atoms with Crippen LogP contribution in [0.15, 0.2) is 12.1 Å². The van der Waals surface area contributed by atoms with E-state index >= 15 is 0 Å². The van der Waals surface area contributed by atoms with Crippen LogP contribution >= 0.6 is 0 Å². The number of fused-ring (bicyclic) bond motifs is 1. The number of rotatable bonds is 6. The second kappa shape index (κ2) is 7.62. The highest BCUT2D eigenvalue weighted by atomic mass is 16.5. The number of benzene rings is 1. The van der Waals surface area contributed by atoms with Crippen molar-refractivity contribution >= 4 is 0 Å². The van der Waals surface area contributed by atoms with Crippen LogP contribution in [0.25, 0.3) is 0 Å². The Morgan fingerprint density at radius 3 is 2.46 bits per heavy atom. The lowest BCUT2D eigenvalue weighted by Gasteiger charge is -2.41. The molecule has 0 aromatic heterocycles. The van der Waals surface area contributed by atoms with Gasteiger partial charge in [-0.05, 0) is 18.4 Å². The molecule has 1 aromatic rings. The monoisotopic (exact) mass is 367 g/mol. The fourth-order valence-corrected chi connectivity index (χ4v) is 3.24. The molecule has 1 aromatic carbocycles. The first-order valence-electron chi connectivity index (χ1n) is 9.20. The van der Waals surface area contributed by atoms with Crippen molar-refractivity contribution in [1.82, 2.24) is 5.32 Å². The summed E-state index contributed by atoms with van der Waals surface area (Å²) in [6.45, 7) is 11.2. The first-order chi connectivity index (χ1) is 11.9. The molecule has 0 radical (unpaired) electrons. The van der Waals surface area contributed by atoms with Gasteiger partial charge < -0.3 is 30.5 Å². The van der Waals surface area contributed by atoms with Gasteiger partial charge >= 0.3 is 0 Å². The molecule has 3 unspecified atom stereocenters. The lowest BCUT2D eigenvalue weighted by atomic mass is 9.77. The standard InChI is InChI=1S/C20H33NO5/c1-19(2,3)17(25)11-21-7-6-20(4,5)18-15(24)10-13-14(23)8-12(22)9-16(13)26-18/h8-9,15,17-18,21-25H,6-7,10-11H2,1-5H3. The van der Waals surface area contributed by atoms with Gasteiger partial charge in [-0.2, -0.15) is 0 Å². The van der Waals surface area contributed by atoms with Gasteiger partial charge in [0.05, 0.1) is 12.2 Å². The Bertz CT molecular complexity index is 623. The van der Waals surface area contributed by atoms with Gasteiger partial charge in [-0.25, -0.2) is 0 Å². The van der Waals surface area contributed by atoms with E-state index in [4.69, 9.17) is 4.74 Å². The minimum absolute atomic E-state index is 0.0619. The number of nitrogens with one attached hydrogen (secondary N) is 1. The van der Waals surface area contributed by atoms with Crippen molar-refractivity contribution in [2.45, 2.75) is 65.8 Å². The fourth-order valence-electron chi connectivity index (χ4n) is 3.24. The molecule has 2 rings (SSSR count). The topological polar surface area (TPSA) is 102 Å². The maximum Gasteiger partial charge on any atom is 0.130 e. The zero-order valence-electron chi connectivity index (χ0n) is 16.4. The van der Waals surface area contributed by atoms with E-state index in [1.807, 2.05) is 34.6 Å². The molecule has 1 heterocycles. The summed E-state index contributed by atoms with van der Waals surface area (Å²) in [7, 11) is 0. The van der Waals surface area contributed by atoms with Crippen LogP contribution in [-0.2, 0) is 6.42 Å². The third-order valence-corrected chi connectivity index (χ3v) is 5.24. The Labute approximate surface area is 155 Å². The smallest absolute Gasteiger partial charge is 0.130 e. The Morgan fingerprint density at radius 2 is 1.85 bits per heavy atom. The number of phenols is 2. The predicted molar refractivity (Wildman–Crippen MR) is 101 cm³/mol. The first-order valence-corrected chi connectivity index (χ1v) is 9.20. The minimum atomic E-state index is -0.742. The SMILES string of the molecule is CC(C)(C)C(O)CNCCC(C)(C)C1Oc2cc(O)cc(O)c2CC1O. The lowest BCUT2D eigenvalue weighted by molar-refractivity contribution is -0.0490. The number of aliphatic hydroxyl groups is 2. The average Bonchev–Trinajstić information content (AvgIpc) is 2.50. The molecule has 26 heavy (non-hydrogen) atoms. The first kappa shape index (κ1) is 20.8. The van der Waals surface area contributed by atoms with Gasteiger partial charge in [0.1, 0.15) is 23.4 Å². The van der Waals surface area contributed by atoms with E-state index in [1.54, 1.807) is 0 Å². The van der Waals surface area contributed by atoms with Gasteiger partial charge in [0.2, 0.25) is 0 Å². The molecule has 0 saturated carbocycles. The van der Waals surface area contributed by atoms with Gasteiger partial charge in [0.25, 0.3) is 0 Å². The molecule has 6 heteroatoms. The van der Waals surface area contributed by atoms with Gasteiger partial charge in [0.15, 0.2) is 0 Å². The second-order valence-corrected chi connectivity index (χ2v) is 9.08. The van der Waals surface area contributed by atoms with Crippen molar-refractivity contribution in [1.29, 1.82) is 0 Å². The molecular weight excluding hydrogens is 334 g/mol. The van der Waals surface area contributed by atoms with Crippen LogP contribution in [0.5, 0.6) is 17.2 Å². The third kappa shape index (κ3) is 4.81. The molecule has 0 aliphatic carbocycles. The zero-order chi connectivity index (χ0) is 19.7. The number of hydrogen-bond acceptors (Lipinski definition) is 6. The maximum absolute atomic E-state index is 10.5.